The number of hydrogen-bond acceptors (Lipinski definition) is 4. The Hall–Kier alpha value is -1.33. The highest BCUT2D eigenvalue weighted by atomic mass is 35.5. The highest BCUT2D eigenvalue weighted by Gasteiger charge is 2.36. The number of likely N-dealkylation sites (tertiary alicyclic amines) is 1. The van der Waals surface area contributed by atoms with Gasteiger partial charge in [0.05, 0.1) is 22.8 Å². The molecule has 2 unspecified atom stereocenters. The van der Waals surface area contributed by atoms with Gasteiger partial charge in [0.2, 0.25) is 0 Å². The number of morpholine rings is 1. The number of rotatable bonds is 3. The molecule has 1 N–H and O–H groups in total. The molecule has 2 aliphatic rings. The molecule has 2 atom stereocenters. The van der Waals surface area contributed by atoms with Crippen LogP contribution < -0.4 is 5.32 Å². The summed E-state index contributed by atoms with van der Waals surface area (Å²) in [6.45, 7) is 4.05. The highest BCUT2D eigenvalue weighted by molar-refractivity contribution is 6.33. The fourth-order valence-corrected chi connectivity index (χ4v) is 3.02. The van der Waals surface area contributed by atoms with Crippen LogP contribution in [-0.2, 0) is 4.74 Å². The molecule has 108 valence electrons. The summed E-state index contributed by atoms with van der Waals surface area (Å²) in [5.41, 5.74) is 0.513. The molecule has 2 bridgehead atoms. The number of hydrogen-bond donors (Lipinski definition) is 1. The van der Waals surface area contributed by atoms with Crippen molar-refractivity contribution in [3.05, 3.63) is 22.8 Å². The van der Waals surface area contributed by atoms with Crippen molar-refractivity contribution < 1.29 is 9.53 Å². The fraction of sp³-hybridized carbons (Fsp3) is 0.571. The van der Waals surface area contributed by atoms with Crippen LogP contribution in [0.4, 0.5) is 5.82 Å². The van der Waals surface area contributed by atoms with E-state index >= 15 is 0 Å². The van der Waals surface area contributed by atoms with E-state index in [-0.39, 0.29) is 18.1 Å². The van der Waals surface area contributed by atoms with Crippen LogP contribution in [0.1, 0.15) is 30.1 Å². The van der Waals surface area contributed by atoms with Gasteiger partial charge in [0.1, 0.15) is 5.82 Å². The SMILES string of the molecule is CCNc1cc(C(=O)N2CC3CCC(C2)O3)c(Cl)cn1. The van der Waals surface area contributed by atoms with Gasteiger partial charge in [-0.2, -0.15) is 0 Å². The number of aromatic nitrogens is 1. The molecule has 2 saturated heterocycles. The average Bonchev–Trinajstić information content (AvgIpc) is 2.79. The number of nitrogens with zero attached hydrogens (tertiary/aromatic N) is 2. The zero-order valence-electron chi connectivity index (χ0n) is 11.4. The van der Waals surface area contributed by atoms with Crippen LogP contribution >= 0.6 is 11.6 Å². The first-order valence-electron chi connectivity index (χ1n) is 7.01. The van der Waals surface area contributed by atoms with Crippen molar-refractivity contribution in [2.75, 3.05) is 25.0 Å². The number of anilines is 1. The number of halogens is 1. The Labute approximate surface area is 123 Å². The lowest BCUT2D eigenvalue weighted by molar-refractivity contribution is -0.0303. The van der Waals surface area contributed by atoms with Gasteiger partial charge in [0.15, 0.2) is 0 Å². The third-order valence-electron chi connectivity index (χ3n) is 3.77. The van der Waals surface area contributed by atoms with Crippen LogP contribution in [0.15, 0.2) is 12.3 Å². The molecule has 1 aromatic rings. The molecule has 0 spiro atoms. The minimum absolute atomic E-state index is 0.0308. The van der Waals surface area contributed by atoms with Crippen LogP contribution in [0.5, 0.6) is 0 Å². The second-order valence-electron chi connectivity index (χ2n) is 5.25. The van der Waals surface area contributed by atoms with Crippen molar-refractivity contribution in [3.8, 4) is 0 Å². The van der Waals surface area contributed by atoms with Crippen LogP contribution in [0.3, 0.4) is 0 Å². The fourth-order valence-electron chi connectivity index (χ4n) is 2.83. The summed E-state index contributed by atoms with van der Waals surface area (Å²) >= 11 is 6.13. The summed E-state index contributed by atoms with van der Waals surface area (Å²) < 4.78 is 5.75. The Morgan fingerprint density at radius 2 is 2.20 bits per heavy atom. The largest absolute Gasteiger partial charge is 0.371 e. The number of ether oxygens (including phenoxy) is 1. The minimum Gasteiger partial charge on any atom is -0.371 e. The van der Waals surface area contributed by atoms with Crippen molar-refractivity contribution >= 4 is 23.3 Å². The van der Waals surface area contributed by atoms with Gasteiger partial charge in [0, 0.05) is 25.8 Å². The molecular weight excluding hydrogens is 278 g/mol. The summed E-state index contributed by atoms with van der Waals surface area (Å²) in [6, 6.07) is 1.73. The molecular formula is C14H18ClN3O2. The first-order chi connectivity index (χ1) is 9.67. The first kappa shape index (κ1) is 13.6. The lowest BCUT2D eigenvalue weighted by Crippen LogP contribution is -2.45. The van der Waals surface area contributed by atoms with E-state index in [0.29, 0.717) is 29.5 Å². The van der Waals surface area contributed by atoms with Gasteiger partial charge < -0.3 is 15.0 Å². The Bertz CT molecular complexity index is 511. The molecule has 0 aliphatic carbocycles. The van der Waals surface area contributed by atoms with Gasteiger partial charge in [-0.1, -0.05) is 11.6 Å². The summed E-state index contributed by atoms with van der Waals surface area (Å²) in [4.78, 5) is 18.6. The zero-order valence-corrected chi connectivity index (χ0v) is 12.2. The van der Waals surface area contributed by atoms with Crippen LogP contribution in [-0.4, -0.2) is 47.6 Å². The average molecular weight is 296 g/mol. The van der Waals surface area contributed by atoms with Gasteiger partial charge in [-0.3, -0.25) is 4.79 Å². The highest BCUT2D eigenvalue weighted by Crippen LogP contribution is 2.28. The monoisotopic (exact) mass is 295 g/mol. The molecule has 1 aromatic heterocycles. The van der Waals surface area contributed by atoms with E-state index < -0.39 is 0 Å². The lowest BCUT2D eigenvalue weighted by Gasteiger charge is -2.32. The standard InChI is InChI=1S/C14H18ClN3O2/c1-2-16-13-5-11(12(15)6-17-13)14(19)18-7-9-3-4-10(8-18)20-9/h5-6,9-10H,2-4,7-8H2,1H3,(H,16,17). The van der Waals surface area contributed by atoms with Crippen molar-refractivity contribution in [2.45, 2.75) is 32.0 Å². The molecule has 0 aromatic carbocycles. The normalized spacial score (nSPS) is 24.8. The summed E-state index contributed by atoms with van der Waals surface area (Å²) in [6.07, 6.45) is 3.99. The number of amides is 1. The maximum Gasteiger partial charge on any atom is 0.255 e. The van der Waals surface area contributed by atoms with E-state index in [0.717, 1.165) is 19.4 Å². The topological polar surface area (TPSA) is 54.5 Å². The van der Waals surface area contributed by atoms with Crippen molar-refractivity contribution in [1.82, 2.24) is 9.88 Å². The van der Waals surface area contributed by atoms with Gasteiger partial charge in [0.25, 0.3) is 5.91 Å². The third kappa shape index (κ3) is 2.60. The molecule has 6 heteroatoms. The van der Waals surface area contributed by atoms with E-state index in [2.05, 4.69) is 10.3 Å². The third-order valence-corrected chi connectivity index (χ3v) is 4.08. The first-order valence-corrected chi connectivity index (χ1v) is 7.39. The van der Waals surface area contributed by atoms with E-state index in [4.69, 9.17) is 16.3 Å². The predicted octanol–water partition coefficient (Wildman–Crippen LogP) is 2.17. The molecule has 3 heterocycles. The number of pyridine rings is 1. The van der Waals surface area contributed by atoms with Gasteiger partial charge in [-0.05, 0) is 25.8 Å². The van der Waals surface area contributed by atoms with E-state index in [1.165, 1.54) is 6.20 Å². The second-order valence-corrected chi connectivity index (χ2v) is 5.65. The lowest BCUT2D eigenvalue weighted by atomic mass is 10.2. The Balaban J connectivity index is 1.81. The minimum atomic E-state index is -0.0308. The van der Waals surface area contributed by atoms with E-state index in [1.807, 2.05) is 11.8 Å². The van der Waals surface area contributed by atoms with E-state index in [9.17, 15) is 4.79 Å². The van der Waals surface area contributed by atoms with Crippen molar-refractivity contribution in [3.63, 3.8) is 0 Å². The van der Waals surface area contributed by atoms with Crippen LogP contribution in [0.25, 0.3) is 0 Å². The summed E-state index contributed by atoms with van der Waals surface area (Å²) in [5.74, 6) is 0.647. The van der Waals surface area contributed by atoms with E-state index in [1.54, 1.807) is 6.07 Å². The Morgan fingerprint density at radius 1 is 1.50 bits per heavy atom. The maximum atomic E-state index is 12.6. The Morgan fingerprint density at radius 3 is 2.85 bits per heavy atom. The van der Waals surface area contributed by atoms with Crippen LogP contribution in [0, 0.1) is 0 Å². The van der Waals surface area contributed by atoms with Gasteiger partial charge in [-0.25, -0.2) is 4.98 Å². The Kier molecular flexibility index (Phi) is 3.81. The number of carbonyl (C=O) groups excluding carboxylic acids is 1. The molecule has 0 saturated carbocycles. The maximum absolute atomic E-state index is 12.6. The molecule has 3 rings (SSSR count). The van der Waals surface area contributed by atoms with Crippen LogP contribution in [0.2, 0.25) is 5.02 Å². The second kappa shape index (κ2) is 5.58. The molecule has 20 heavy (non-hydrogen) atoms. The van der Waals surface area contributed by atoms with Gasteiger partial charge >= 0.3 is 0 Å². The molecule has 1 amide bonds. The predicted molar refractivity (Wildman–Crippen MR) is 77.2 cm³/mol. The molecule has 0 radical (unpaired) electrons. The quantitative estimate of drug-likeness (QED) is 0.928. The summed E-state index contributed by atoms with van der Waals surface area (Å²) in [7, 11) is 0. The van der Waals surface area contributed by atoms with Crippen molar-refractivity contribution in [1.29, 1.82) is 0 Å². The smallest absolute Gasteiger partial charge is 0.255 e. The molecule has 2 aliphatic heterocycles. The van der Waals surface area contributed by atoms with Crippen molar-refractivity contribution in [2.24, 2.45) is 0 Å². The zero-order chi connectivity index (χ0) is 14.1. The van der Waals surface area contributed by atoms with Gasteiger partial charge in [-0.15, -0.1) is 0 Å². The number of carbonyl (C=O) groups is 1. The number of fused-ring (bicyclic) bond motifs is 2. The molecule has 5 nitrogen and oxygen atoms in total. The number of nitrogens with one attached hydrogen (secondary N) is 1. The molecule has 2 fully saturated rings. The summed E-state index contributed by atoms with van der Waals surface area (Å²) in [5, 5.41) is 3.50.